The number of anilines is 1. The minimum Gasteiger partial charge on any atom is -0.308 e. The average Bonchev–Trinajstić information content (AvgIpc) is 2.49. The van der Waals surface area contributed by atoms with Crippen LogP contribution >= 0.6 is 15.9 Å². The third-order valence-electron chi connectivity index (χ3n) is 3.50. The number of halogens is 1. The number of hydrogen-bond acceptors (Lipinski definition) is 4. The Hall–Kier alpha value is -1.79. The Morgan fingerprint density at radius 2 is 2.24 bits per heavy atom. The Balaban J connectivity index is 1.62. The largest absolute Gasteiger partial charge is 0.308 e. The lowest BCUT2D eigenvalue weighted by atomic mass is 10.00. The molecule has 1 aromatic carbocycles. The van der Waals surface area contributed by atoms with Gasteiger partial charge in [-0.15, -0.1) is 5.10 Å². The van der Waals surface area contributed by atoms with Crippen LogP contribution in [0.5, 0.6) is 0 Å². The summed E-state index contributed by atoms with van der Waals surface area (Å²) in [6, 6.07) is 9.72. The van der Waals surface area contributed by atoms with Crippen LogP contribution in [-0.4, -0.2) is 34.1 Å². The number of nitrogens with one attached hydrogen (secondary N) is 1. The van der Waals surface area contributed by atoms with Crippen molar-refractivity contribution in [2.75, 3.05) is 18.4 Å². The predicted octanol–water partition coefficient (Wildman–Crippen LogP) is 2.24. The van der Waals surface area contributed by atoms with E-state index < -0.39 is 0 Å². The molecule has 5 nitrogen and oxygen atoms in total. The molecule has 0 spiro atoms. The molecular formula is C15H15BrN4O. The van der Waals surface area contributed by atoms with Crippen molar-refractivity contribution >= 4 is 27.7 Å². The van der Waals surface area contributed by atoms with Crippen molar-refractivity contribution in [3.05, 3.63) is 52.1 Å². The fourth-order valence-electron chi connectivity index (χ4n) is 2.48. The smallest absolute Gasteiger partial charge is 0.239 e. The molecule has 1 N–H and O–H groups in total. The van der Waals surface area contributed by atoms with E-state index >= 15 is 0 Å². The Morgan fingerprint density at radius 3 is 3.05 bits per heavy atom. The number of hydrogen-bond donors (Lipinski definition) is 1. The minimum absolute atomic E-state index is 0.0639. The van der Waals surface area contributed by atoms with Crippen molar-refractivity contribution in [2.24, 2.45) is 0 Å². The number of aromatic nitrogens is 2. The van der Waals surface area contributed by atoms with E-state index in [1.807, 2.05) is 6.07 Å². The summed E-state index contributed by atoms with van der Waals surface area (Å²) in [5.74, 6) is 0.423. The highest BCUT2D eigenvalue weighted by atomic mass is 79.9. The maximum Gasteiger partial charge on any atom is 0.239 e. The summed E-state index contributed by atoms with van der Waals surface area (Å²) >= 11 is 3.58. The van der Waals surface area contributed by atoms with Crippen LogP contribution in [0.15, 0.2) is 41.0 Å². The van der Waals surface area contributed by atoms with E-state index in [1.54, 1.807) is 18.3 Å². The van der Waals surface area contributed by atoms with Crippen molar-refractivity contribution in [3.63, 3.8) is 0 Å². The number of fused-ring (bicyclic) bond motifs is 1. The van der Waals surface area contributed by atoms with Gasteiger partial charge in [0.05, 0.1) is 6.54 Å². The van der Waals surface area contributed by atoms with Gasteiger partial charge in [0.1, 0.15) is 0 Å². The van der Waals surface area contributed by atoms with Crippen molar-refractivity contribution in [2.45, 2.75) is 13.0 Å². The van der Waals surface area contributed by atoms with E-state index in [0.717, 1.165) is 24.0 Å². The van der Waals surface area contributed by atoms with Crippen LogP contribution in [0.25, 0.3) is 0 Å². The van der Waals surface area contributed by atoms with Crippen molar-refractivity contribution in [1.82, 2.24) is 15.1 Å². The number of benzene rings is 1. The van der Waals surface area contributed by atoms with Crippen LogP contribution in [0.4, 0.5) is 5.82 Å². The van der Waals surface area contributed by atoms with E-state index in [9.17, 15) is 4.79 Å². The fraction of sp³-hybridized carbons (Fsp3) is 0.267. The first-order valence-electron chi connectivity index (χ1n) is 6.78. The fourth-order valence-corrected chi connectivity index (χ4v) is 3.02. The maximum atomic E-state index is 12.0. The number of rotatable bonds is 3. The zero-order chi connectivity index (χ0) is 14.7. The summed E-state index contributed by atoms with van der Waals surface area (Å²) in [5.41, 5.74) is 2.63. The van der Waals surface area contributed by atoms with Crippen LogP contribution in [-0.2, 0) is 17.8 Å². The monoisotopic (exact) mass is 346 g/mol. The summed E-state index contributed by atoms with van der Waals surface area (Å²) in [7, 11) is 0. The van der Waals surface area contributed by atoms with Crippen LogP contribution in [0, 0.1) is 0 Å². The SMILES string of the molecule is O=C(CN1CCc2cccc(Br)c2C1)Nc1cccnn1. The molecule has 3 rings (SSSR count). The van der Waals surface area contributed by atoms with E-state index in [2.05, 4.69) is 48.5 Å². The number of nitrogens with zero attached hydrogens (tertiary/aromatic N) is 3. The Bertz CT molecular complexity index is 647. The molecule has 0 unspecified atom stereocenters. The molecule has 108 valence electrons. The second kappa shape index (κ2) is 6.32. The third-order valence-corrected chi connectivity index (χ3v) is 4.24. The molecule has 0 aliphatic carbocycles. The molecule has 0 radical (unpaired) electrons. The van der Waals surface area contributed by atoms with E-state index in [0.29, 0.717) is 12.4 Å². The quantitative estimate of drug-likeness (QED) is 0.925. The van der Waals surface area contributed by atoms with Gasteiger partial charge >= 0.3 is 0 Å². The number of carbonyl (C=O) groups is 1. The highest BCUT2D eigenvalue weighted by Gasteiger charge is 2.20. The molecular weight excluding hydrogens is 332 g/mol. The second-order valence-corrected chi connectivity index (χ2v) is 5.85. The van der Waals surface area contributed by atoms with Gasteiger partial charge in [-0.3, -0.25) is 9.69 Å². The van der Waals surface area contributed by atoms with E-state index in [4.69, 9.17) is 0 Å². The summed E-state index contributed by atoms with van der Waals surface area (Å²) < 4.78 is 1.11. The topological polar surface area (TPSA) is 58.1 Å². The zero-order valence-corrected chi connectivity index (χ0v) is 13.0. The lowest BCUT2D eigenvalue weighted by Crippen LogP contribution is -2.37. The van der Waals surface area contributed by atoms with Gasteiger partial charge < -0.3 is 5.32 Å². The van der Waals surface area contributed by atoms with Crippen LogP contribution < -0.4 is 5.32 Å². The average molecular weight is 347 g/mol. The van der Waals surface area contributed by atoms with Crippen molar-refractivity contribution < 1.29 is 4.79 Å². The van der Waals surface area contributed by atoms with Gasteiger partial charge in [-0.2, -0.15) is 5.10 Å². The molecule has 2 heterocycles. The minimum atomic E-state index is -0.0639. The Morgan fingerprint density at radius 1 is 1.33 bits per heavy atom. The maximum absolute atomic E-state index is 12.0. The molecule has 1 aliphatic rings. The Labute approximate surface area is 131 Å². The first-order chi connectivity index (χ1) is 10.2. The summed E-state index contributed by atoms with van der Waals surface area (Å²) in [6.45, 7) is 2.03. The molecule has 0 saturated carbocycles. The normalized spacial score (nSPS) is 14.5. The van der Waals surface area contributed by atoms with Gasteiger partial charge in [0.25, 0.3) is 0 Å². The molecule has 6 heteroatoms. The van der Waals surface area contributed by atoms with Gasteiger partial charge in [0.15, 0.2) is 5.82 Å². The molecule has 1 aliphatic heterocycles. The Kier molecular flexibility index (Phi) is 4.26. The standard InChI is InChI=1S/C15H15BrN4O/c16-13-4-1-3-11-6-8-20(9-12(11)13)10-15(21)18-14-5-2-7-17-19-14/h1-5,7H,6,8-10H2,(H,18,19,21). The molecule has 21 heavy (non-hydrogen) atoms. The molecule has 0 atom stereocenters. The molecule has 1 amide bonds. The van der Waals surface area contributed by atoms with Crippen LogP contribution in [0.3, 0.4) is 0 Å². The van der Waals surface area contributed by atoms with Crippen LogP contribution in [0.2, 0.25) is 0 Å². The second-order valence-electron chi connectivity index (χ2n) is 5.00. The molecule has 0 fully saturated rings. The van der Waals surface area contributed by atoms with Gasteiger partial charge in [-0.05, 0) is 35.7 Å². The highest BCUT2D eigenvalue weighted by molar-refractivity contribution is 9.10. The van der Waals surface area contributed by atoms with Gasteiger partial charge in [0, 0.05) is 23.8 Å². The predicted molar refractivity (Wildman–Crippen MR) is 83.8 cm³/mol. The third kappa shape index (κ3) is 3.46. The molecule has 0 saturated heterocycles. The lowest BCUT2D eigenvalue weighted by Gasteiger charge is -2.28. The van der Waals surface area contributed by atoms with Crippen molar-refractivity contribution in [3.8, 4) is 0 Å². The summed E-state index contributed by atoms with van der Waals surface area (Å²) in [5, 5.41) is 10.4. The van der Waals surface area contributed by atoms with Gasteiger partial charge in [-0.25, -0.2) is 0 Å². The highest BCUT2D eigenvalue weighted by Crippen LogP contribution is 2.26. The molecule has 0 bridgehead atoms. The van der Waals surface area contributed by atoms with Crippen molar-refractivity contribution in [1.29, 1.82) is 0 Å². The van der Waals surface area contributed by atoms with Gasteiger partial charge in [-0.1, -0.05) is 28.1 Å². The first-order valence-corrected chi connectivity index (χ1v) is 7.58. The molecule has 2 aromatic rings. The first kappa shape index (κ1) is 14.2. The summed E-state index contributed by atoms with van der Waals surface area (Å²) in [4.78, 5) is 14.2. The van der Waals surface area contributed by atoms with Crippen LogP contribution in [0.1, 0.15) is 11.1 Å². The number of amides is 1. The van der Waals surface area contributed by atoms with E-state index in [-0.39, 0.29) is 5.91 Å². The van der Waals surface area contributed by atoms with Gasteiger partial charge in [0.2, 0.25) is 5.91 Å². The zero-order valence-electron chi connectivity index (χ0n) is 11.4. The number of carbonyl (C=O) groups excluding carboxylic acids is 1. The van der Waals surface area contributed by atoms with E-state index in [1.165, 1.54) is 11.1 Å². The summed E-state index contributed by atoms with van der Waals surface area (Å²) in [6.07, 6.45) is 2.54. The molecule has 1 aromatic heterocycles. The lowest BCUT2D eigenvalue weighted by molar-refractivity contribution is -0.117.